The predicted octanol–water partition coefficient (Wildman–Crippen LogP) is 3.64. The molecule has 0 amide bonds. The summed E-state index contributed by atoms with van der Waals surface area (Å²) < 4.78 is 4.12. The molecule has 3 aromatic rings. The Labute approximate surface area is 141 Å². The van der Waals surface area contributed by atoms with Crippen molar-refractivity contribution in [3.05, 3.63) is 70.3 Å². The lowest BCUT2D eigenvalue weighted by molar-refractivity contribution is -0.384. The van der Waals surface area contributed by atoms with Gasteiger partial charge in [0.15, 0.2) is 0 Å². The van der Waals surface area contributed by atoms with E-state index in [0.29, 0.717) is 16.8 Å². The van der Waals surface area contributed by atoms with Gasteiger partial charge in [0.1, 0.15) is 0 Å². The van der Waals surface area contributed by atoms with E-state index in [0.717, 1.165) is 17.1 Å². The number of rotatable bonds is 6. The molecule has 0 fully saturated rings. The smallest absolute Gasteiger partial charge is 0.269 e. The normalized spacial score (nSPS) is 10.7. The third-order valence-electron chi connectivity index (χ3n) is 2.93. The molecule has 0 aliphatic heterocycles. The lowest BCUT2D eigenvalue weighted by Crippen LogP contribution is -1.94. The Morgan fingerprint density at radius 1 is 1.12 bits per heavy atom. The third kappa shape index (κ3) is 4.11. The molecule has 0 aliphatic rings. The van der Waals surface area contributed by atoms with Crippen LogP contribution in [0.1, 0.15) is 5.56 Å². The summed E-state index contributed by atoms with van der Waals surface area (Å²) in [7, 11) is 0. The highest BCUT2D eigenvalue weighted by Crippen LogP contribution is 2.22. The van der Waals surface area contributed by atoms with E-state index in [1.807, 2.05) is 30.3 Å². The van der Waals surface area contributed by atoms with Gasteiger partial charge in [0.25, 0.3) is 11.6 Å². The van der Waals surface area contributed by atoms with Crippen molar-refractivity contribution in [2.45, 2.75) is 0 Å². The number of aromatic nitrogens is 2. The first kappa shape index (κ1) is 15.6. The van der Waals surface area contributed by atoms with Crippen LogP contribution in [-0.4, -0.2) is 20.5 Å². The molecule has 2 aromatic carbocycles. The molecule has 1 aromatic heterocycles. The maximum Gasteiger partial charge on any atom is 0.269 e. The molecule has 0 aliphatic carbocycles. The first-order valence-electron chi connectivity index (χ1n) is 6.90. The van der Waals surface area contributed by atoms with Crippen LogP contribution < -0.4 is 10.7 Å². The molecule has 1 heterocycles. The second kappa shape index (κ2) is 7.29. The fraction of sp³-hybridized carbons (Fsp3) is 0. The number of hydrogen-bond acceptors (Lipinski definition) is 8. The molecule has 2 N–H and O–H groups in total. The number of benzene rings is 2. The van der Waals surface area contributed by atoms with Crippen LogP contribution in [0.25, 0.3) is 0 Å². The summed E-state index contributed by atoms with van der Waals surface area (Å²) in [6.45, 7) is 0. The highest BCUT2D eigenvalue weighted by molar-refractivity contribution is 7.10. The Morgan fingerprint density at radius 3 is 2.58 bits per heavy atom. The molecule has 0 unspecified atom stereocenters. The van der Waals surface area contributed by atoms with Crippen LogP contribution in [0.5, 0.6) is 0 Å². The highest BCUT2D eigenvalue weighted by Gasteiger charge is 2.06. The highest BCUT2D eigenvalue weighted by atomic mass is 32.1. The number of nitrogens with one attached hydrogen (secondary N) is 2. The van der Waals surface area contributed by atoms with E-state index in [1.165, 1.54) is 12.1 Å². The molecular formula is C15H12N6O2S. The first-order valence-corrected chi connectivity index (χ1v) is 7.67. The molecule has 0 saturated heterocycles. The molecule has 0 radical (unpaired) electrons. The zero-order valence-corrected chi connectivity index (χ0v) is 13.1. The summed E-state index contributed by atoms with van der Waals surface area (Å²) in [6, 6.07) is 15.7. The molecule has 120 valence electrons. The molecule has 0 atom stereocenters. The molecular weight excluding hydrogens is 328 g/mol. The van der Waals surface area contributed by atoms with Crippen molar-refractivity contribution in [3.63, 3.8) is 0 Å². The van der Waals surface area contributed by atoms with Gasteiger partial charge in [0, 0.05) is 29.4 Å². The van der Waals surface area contributed by atoms with Crippen LogP contribution in [0.4, 0.5) is 22.5 Å². The van der Waals surface area contributed by atoms with E-state index >= 15 is 0 Å². The average Bonchev–Trinajstić information content (AvgIpc) is 3.04. The van der Waals surface area contributed by atoms with Gasteiger partial charge in [0.2, 0.25) is 5.13 Å². The van der Waals surface area contributed by atoms with E-state index in [1.54, 1.807) is 18.3 Å². The van der Waals surface area contributed by atoms with E-state index in [-0.39, 0.29) is 5.69 Å². The van der Waals surface area contributed by atoms with Gasteiger partial charge in [0.05, 0.1) is 11.1 Å². The van der Waals surface area contributed by atoms with Crippen LogP contribution in [0.2, 0.25) is 0 Å². The first-order chi connectivity index (χ1) is 11.7. The number of anilines is 3. The summed E-state index contributed by atoms with van der Waals surface area (Å²) >= 11 is 1.16. The van der Waals surface area contributed by atoms with Crippen LogP contribution in [-0.2, 0) is 0 Å². The Balaban J connectivity index is 1.59. The summed E-state index contributed by atoms with van der Waals surface area (Å²) in [4.78, 5) is 14.4. The summed E-state index contributed by atoms with van der Waals surface area (Å²) in [6.07, 6.45) is 1.67. The van der Waals surface area contributed by atoms with Crippen molar-refractivity contribution < 1.29 is 4.92 Å². The van der Waals surface area contributed by atoms with Crippen molar-refractivity contribution in [2.75, 3.05) is 10.7 Å². The minimum atomic E-state index is -0.443. The van der Waals surface area contributed by atoms with Gasteiger partial charge >= 0.3 is 0 Å². The maximum absolute atomic E-state index is 10.6. The largest absolute Gasteiger partial charge is 0.330 e. The third-order valence-corrected chi connectivity index (χ3v) is 3.56. The molecule has 9 heteroatoms. The number of non-ortho nitro benzene ring substituents is 1. The average molecular weight is 340 g/mol. The summed E-state index contributed by atoms with van der Waals surface area (Å²) in [5.41, 5.74) is 4.44. The Bertz CT molecular complexity index is 848. The predicted molar refractivity (Wildman–Crippen MR) is 93.9 cm³/mol. The van der Waals surface area contributed by atoms with Crippen LogP contribution >= 0.6 is 11.5 Å². The van der Waals surface area contributed by atoms with Crippen molar-refractivity contribution in [2.24, 2.45) is 5.10 Å². The van der Waals surface area contributed by atoms with Crippen LogP contribution in [0, 0.1) is 10.1 Å². The van der Waals surface area contributed by atoms with Crippen molar-refractivity contribution in [3.8, 4) is 0 Å². The van der Waals surface area contributed by atoms with E-state index in [4.69, 9.17) is 0 Å². The monoisotopic (exact) mass is 340 g/mol. The fourth-order valence-corrected chi connectivity index (χ4v) is 2.36. The minimum absolute atomic E-state index is 0.0374. The Morgan fingerprint density at radius 2 is 1.88 bits per heavy atom. The number of nitro groups is 1. The van der Waals surface area contributed by atoms with Gasteiger partial charge in [-0.1, -0.05) is 30.3 Å². The second-order valence-electron chi connectivity index (χ2n) is 4.63. The van der Waals surface area contributed by atoms with E-state index in [9.17, 15) is 10.1 Å². The van der Waals surface area contributed by atoms with Crippen LogP contribution in [0.15, 0.2) is 59.7 Å². The zero-order chi connectivity index (χ0) is 16.8. The molecule has 8 nitrogen and oxygen atoms in total. The quantitative estimate of drug-likeness (QED) is 0.403. The SMILES string of the molecule is O=[N+]([O-])c1ccc(Nc2nc(N/N=C/c3ccccc3)ns2)cc1. The van der Waals surface area contributed by atoms with Crippen molar-refractivity contribution >= 4 is 40.2 Å². The Hall–Kier alpha value is -3.33. The number of hydrazone groups is 1. The topological polar surface area (TPSA) is 105 Å². The number of nitrogens with zero attached hydrogens (tertiary/aromatic N) is 4. The molecule has 0 bridgehead atoms. The van der Waals surface area contributed by atoms with Crippen LogP contribution in [0.3, 0.4) is 0 Å². The standard InChI is InChI=1S/C15H12N6O2S/c22-21(23)13-8-6-12(7-9-13)17-15-18-14(20-24-15)19-16-10-11-4-2-1-3-5-11/h1-10H,(H2,17,18,19,20)/b16-10+. The van der Waals surface area contributed by atoms with Gasteiger partial charge in [-0.15, -0.1) is 4.37 Å². The fourth-order valence-electron chi connectivity index (χ4n) is 1.81. The summed E-state index contributed by atoms with van der Waals surface area (Å²) in [5, 5.41) is 18.3. The van der Waals surface area contributed by atoms with E-state index < -0.39 is 4.92 Å². The summed E-state index contributed by atoms with van der Waals surface area (Å²) in [5.74, 6) is 0.372. The molecule has 3 rings (SSSR count). The molecule has 0 spiro atoms. The molecule has 24 heavy (non-hydrogen) atoms. The lowest BCUT2D eigenvalue weighted by Gasteiger charge is -2.00. The van der Waals surface area contributed by atoms with Gasteiger partial charge < -0.3 is 5.32 Å². The minimum Gasteiger partial charge on any atom is -0.330 e. The molecule has 0 saturated carbocycles. The maximum atomic E-state index is 10.6. The number of hydrogen-bond donors (Lipinski definition) is 2. The lowest BCUT2D eigenvalue weighted by atomic mass is 10.2. The van der Waals surface area contributed by atoms with Gasteiger partial charge in [-0.25, -0.2) is 5.43 Å². The van der Waals surface area contributed by atoms with Crippen molar-refractivity contribution in [1.82, 2.24) is 9.36 Å². The van der Waals surface area contributed by atoms with Gasteiger partial charge in [-0.2, -0.15) is 10.1 Å². The van der Waals surface area contributed by atoms with Gasteiger partial charge in [-0.05, 0) is 17.7 Å². The second-order valence-corrected chi connectivity index (χ2v) is 5.38. The Kier molecular flexibility index (Phi) is 4.73. The van der Waals surface area contributed by atoms with Crippen molar-refractivity contribution in [1.29, 1.82) is 0 Å². The van der Waals surface area contributed by atoms with E-state index in [2.05, 4.69) is 25.2 Å². The zero-order valence-electron chi connectivity index (χ0n) is 12.3. The number of nitro benzene ring substituents is 1. The van der Waals surface area contributed by atoms with Gasteiger partial charge in [-0.3, -0.25) is 10.1 Å².